The zero-order chi connectivity index (χ0) is 17.6. The van der Waals surface area contributed by atoms with Crippen molar-refractivity contribution in [2.24, 2.45) is 11.1 Å². The lowest BCUT2D eigenvalue weighted by molar-refractivity contribution is -0.146. The van der Waals surface area contributed by atoms with Gasteiger partial charge in [0, 0.05) is 19.5 Å². The van der Waals surface area contributed by atoms with E-state index in [0.717, 1.165) is 5.56 Å². The second-order valence-electron chi connectivity index (χ2n) is 5.24. The number of hydrogen-bond acceptors (Lipinski definition) is 5. The molecule has 0 bridgehead atoms. The molecule has 1 amide bonds. The number of sulfonamides is 1. The lowest BCUT2D eigenvalue weighted by Gasteiger charge is -2.25. The number of esters is 1. The molecule has 0 aliphatic carbocycles. The molecule has 23 heavy (non-hydrogen) atoms. The van der Waals surface area contributed by atoms with Gasteiger partial charge in [-0.15, -0.1) is 0 Å². The summed E-state index contributed by atoms with van der Waals surface area (Å²) in [4.78, 5) is 25.1. The Morgan fingerprint density at radius 1 is 1.26 bits per heavy atom. The first-order valence-corrected chi connectivity index (χ1v) is 8.71. The molecular weight excluding hydrogens is 320 g/mol. The Balaban J connectivity index is 2.89. The molecule has 1 atom stereocenters. The summed E-state index contributed by atoms with van der Waals surface area (Å²) in [7, 11) is -2.44. The van der Waals surface area contributed by atoms with E-state index in [-0.39, 0.29) is 29.9 Å². The van der Waals surface area contributed by atoms with E-state index in [4.69, 9.17) is 5.14 Å². The lowest BCUT2D eigenvalue weighted by Crippen LogP contribution is -2.36. The summed E-state index contributed by atoms with van der Waals surface area (Å²) in [6, 6.07) is 5.98. The van der Waals surface area contributed by atoms with Gasteiger partial charge >= 0.3 is 5.97 Å². The van der Waals surface area contributed by atoms with E-state index in [1.165, 1.54) is 19.2 Å². The van der Waals surface area contributed by atoms with E-state index in [1.807, 2.05) is 0 Å². The van der Waals surface area contributed by atoms with E-state index in [0.29, 0.717) is 6.42 Å². The monoisotopic (exact) mass is 342 g/mol. The predicted molar refractivity (Wildman–Crippen MR) is 84.7 cm³/mol. The van der Waals surface area contributed by atoms with Crippen LogP contribution in [0.5, 0.6) is 0 Å². The van der Waals surface area contributed by atoms with Crippen LogP contribution in [0.4, 0.5) is 0 Å². The van der Waals surface area contributed by atoms with Crippen molar-refractivity contribution >= 4 is 21.9 Å². The van der Waals surface area contributed by atoms with Gasteiger partial charge in [-0.3, -0.25) is 9.59 Å². The zero-order valence-corrected chi connectivity index (χ0v) is 14.3. The Morgan fingerprint density at radius 3 is 2.26 bits per heavy atom. The summed E-state index contributed by atoms with van der Waals surface area (Å²) in [5, 5.41) is 5.05. The highest BCUT2D eigenvalue weighted by molar-refractivity contribution is 7.89. The SMILES string of the molecule is CCC(=O)N(Cc1ccc(S(N)(=O)=O)cc1)CC(C)C(=O)OC. The summed E-state index contributed by atoms with van der Waals surface area (Å²) in [6.07, 6.45) is 0.309. The smallest absolute Gasteiger partial charge is 0.310 e. The summed E-state index contributed by atoms with van der Waals surface area (Å²) in [5.74, 6) is -0.932. The van der Waals surface area contributed by atoms with Crippen molar-refractivity contribution in [1.82, 2.24) is 4.90 Å². The average Bonchev–Trinajstić information content (AvgIpc) is 2.52. The topological polar surface area (TPSA) is 107 Å². The molecule has 0 radical (unpaired) electrons. The minimum atomic E-state index is -3.74. The Kier molecular flexibility index (Phi) is 6.71. The average molecular weight is 342 g/mol. The van der Waals surface area contributed by atoms with E-state index < -0.39 is 15.9 Å². The molecule has 1 rings (SSSR count). The molecule has 0 fully saturated rings. The van der Waals surface area contributed by atoms with E-state index >= 15 is 0 Å². The number of methoxy groups -OCH3 is 1. The number of hydrogen-bond donors (Lipinski definition) is 1. The van der Waals surface area contributed by atoms with Crippen molar-refractivity contribution < 1.29 is 22.7 Å². The van der Waals surface area contributed by atoms with Crippen LogP contribution in [-0.2, 0) is 30.9 Å². The third kappa shape index (κ3) is 5.65. The summed E-state index contributed by atoms with van der Waals surface area (Å²) in [5.41, 5.74) is 0.747. The van der Waals surface area contributed by atoms with Crippen molar-refractivity contribution in [2.75, 3.05) is 13.7 Å². The Bertz CT molecular complexity index is 655. The molecule has 0 saturated carbocycles. The molecule has 128 valence electrons. The van der Waals surface area contributed by atoms with Gasteiger partial charge in [0.05, 0.1) is 17.9 Å². The van der Waals surface area contributed by atoms with Crippen LogP contribution in [0, 0.1) is 5.92 Å². The second kappa shape index (κ2) is 8.07. The molecule has 7 nitrogen and oxygen atoms in total. The molecule has 0 saturated heterocycles. The lowest BCUT2D eigenvalue weighted by atomic mass is 10.1. The minimum Gasteiger partial charge on any atom is -0.469 e. The number of benzene rings is 1. The van der Waals surface area contributed by atoms with Crippen LogP contribution in [0.3, 0.4) is 0 Å². The van der Waals surface area contributed by atoms with Gasteiger partial charge in [0.1, 0.15) is 0 Å². The van der Waals surface area contributed by atoms with Crippen molar-refractivity contribution in [3.63, 3.8) is 0 Å². The number of rotatable bonds is 7. The van der Waals surface area contributed by atoms with Crippen LogP contribution in [0.1, 0.15) is 25.8 Å². The standard InChI is InChI=1S/C15H22N2O5S/c1-4-14(18)17(9-11(2)15(19)22-3)10-12-5-7-13(8-6-12)23(16,20)21/h5-8,11H,4,9-10H2,1-3H3,(H2,16,20,21). The van der Waals surface area contributed by atoms with Crippen LogP contribution >= 0.6 is 0 Å². The molecule has 8 heteroatoms. The van der Waals surface area contributed by atoms with Crippen LogP contribution in [0.25, 0.3) is 0 Å². The number of ether oxygens (including phenoxy) is 1. The quantitative estimate of drug-likeness (QED) is 0.740. The van der Waals surface area contributed by atoms with Gasteiger partial charge in [-0.05, 0) is 17.7 Å². The normalized spacial score (nSPS) is 12.5. The third-order valence-electron chi connectivity index (χ3n) is 3.38. The Morgan fingerprint density at radius 2 is 1.83 bits per heavy atom. The van der Waals surface area contributed by atoms with E-state index in [1.54, 1.807) is 30.9 Å². The fourth-order valence-corrected chi connectivity index (χ4v) is 2.60. The molecule has 0 aromatic heterocycles. The summed E-state index contributed by atoms with van der Waals surface area (Å²) >= 11 is 0. The maximum atomic E-state index is 12.0. The third-order valence-corrected chi connectivity index (χ3v) is 4.31. The highest BCUT2D eigenvalue weighted by Gasteiger charge is 2.21. The minimum absolute atomic E-state index is 0.0116. The number of nitrogens with zero attached hydrogens (tertiary/aromatic N) is 1. The van der Waals surface area contributed by atoms with Crippen LogP contribution in [-0.4, -0.2) is 38.8 Å². The highest BCUT2D eigenvalue weighted by Crippen LogP contribution is 2.13. The molecule has 0 aliphatic rings. The number of amides is 1. The van der Waals surface area contributed by atoms with Crippen molar-refractivity contribution in [2.45, 2.75) is 31.7 Å². The first-order chi connectivity index (χ1) is 10.7. The number of primary sulfonamides is 1. The second-order valence-corrected chi connectivity index (χ2v) is 6.80. The zero-order valence-electron chi connectivity index (χ0n) is 13.5. The number of carbonyl (C=O) groups is 2. The van der Waals surface area contributed by atoms with Crippen LogP contribution < -0.4 is 5.14 Å². The first-order valence-electron chi connectivity index (χ1n) is 7.16. The largest absolute Gasteiger partial charge is 0.469 e. The van der Waals surface area contributed by atoms with Gasteiger partial charge in [0.15, 0.2) is 0 Å². The maximum absolute atomic E-state index is 12.0. The van der Waals surface area contributed by atoms with Gasteiger partial charge in [-0.25, -0.2) is 13.6 Å². The molecular formula is C15H22N2O5S. The van der Waals surface area contributed by atoms with Gasteiger partial charge in [-0.2, -0.15) is 0 Å². The van der Waals surface area contributed by atoms with E-state index in [9.17, 15) is 18.0 Å². The molecule has 1 unspecified atom stereocenters. The molecule has 1 aromatic rings. The van der Waals surface area contributed by atoms with Crippen molar-refractivity contribution in [1.29, 1.82) is 0 Å². The Labute approximate surface area is 136 Å². The number of nitrogens with two attached hydrogens (primary N) is 1. The van der Waals surface area contributed by atoms with Gasteiger partial charge in [0.25, 0.3) is 0 Å². The maximum Gasteiger partial charge on any atom is 0.310 e. The Hall–Kier alpha value is -1.93. The molecule has 0 aliphatic heterocycles. The van der Waals surface area contributed by atoms with Crippen LogP contribution in [0.2, 0.25) is 0 Å². The van der Waals surface area contributed by atoms with Crippen molar-refractivity contribution in [3.05, 3.63) is 29.8 Å². The predicted octanol–water partition coefficient (Wildman–Crippen LogP) is 0.882. The van der Waals surface area contributed by atoms with Crippen molar-refractivity contribution in [3.8, 4) is 0 Å². The van der Waals surface area contributed by atoms with Crippen LogP contribution in [0.15, 0.2) is 29.2 Å². The van der Waals surface area contributed by atoms with Gasteiger partial charge < -0.3 is 9.64 Å². The molecule has 0 heterocycles. The fraction of sp³-hybridized carbons (Fsp3) is 0.467. The van der Waals surface area contributed by atoms with E-state index in [2.05, 4.69) is 4.74 Å². The molecule has 1 aromatic carbocycles. The molecule has 2 N–H and O–H groups in total. The number of carbonyl (C=O) groups excluding carboxylic acids is 2. The highest BCUT2D eigenvalue weighted by atomic mass is 32.2. The molecule has 0 spiro atoms. The fourth-order valence-electron chi connectivity index (χ4n) is 2.09. The summed E-state index contributed by atoms with van der Waals surface area (Å²) < 4.78 is 27.1. The first kappa shape index (κ1) is 19.1. The van der Waals surface area contributed by atoms with Gasteiger partial charge in [-0.1, -0.05) is 26.0 Å². The summed E-state index contributed by atoms with van der Waals surface area (Å²) in [6.45, 7) is 3.93. The van der Waals surface area contributed by atoms with Gasteiger partial charge in [0.2, 0.25) is 15.9 Å².